The van der Waals surface area contributed by atoms with Gasteiger partial charge in [0.1, 0.15) is 11.5 Å². The Hall–Kier alpha value is -2.31. The van der Waals surface area contributed by atoms with Gasteiger partial charge in [0.05, 0.1) is 16.1 Å². The van der Waals surface area contributed by atoms with Gasteiger partial charge in [0.15, 0.2) is 0 Å². The zero-order valence-electron chi connectivity index (χ0n) is 24.4. The first kappa shape index (κ1) is 29.3. The maximum Gasteiger partial charge on any atom is 0.118 e. The van der Waals surface area contributed by atoms with E-state index < -0.39 is 16.1 Å². The minimum atomic E-state index is -1.55. The molecule has 0 heterocycles. The topological polar surface area (TPSA) is 40.5 Å². The number of unbranched alkanes of at least 4 members (excludes halogenated alkanes) is 1. The Bertz CT molecular complexity index is 1190. The van der Waals surface area contributed by atoms with Crippen LogP contribution in [0, 0.1) is 0 Å². The molecule has 37 heavy (non-hydrogen) atoms. The van der Waals surface area contributed by atoms with Crippen LogP contribution < -0.4 is 10.4 Å². The van der Waals surface area contributed by atoms with E-state index in [9.17, 15) is 10.2 Å². The highest BCUT2D eigenvalue weighted by molar-refractivity contribution is 6.90. The zero-order chi connectivity index (χ0) is 27.4. The Balaban J connectivity index is 1.74. The Kier molecular flexibility index (Phi) is 9.18. The third-order valence-electron chi connectivity index (χ3n) is 8.18. The molecule has 0 aromatic heterocycles. The SMILES string of the molecule is CCCCc1cc(C(C)(C)c2ccc(O)c(CCC[Si](C)(C)c3ccc([Si](C)(C)C)cc3)c2)ccc1O. The van der Waals surface area contributed by atoms with Crippen molar-refractivity contribution in [2.24, 2.45) is 0 Å². The molecule has 0 bridgehead atoms. The highest BCUT2D eigenvalue weighted by atomic mass is 28.3. The first-order valence-corrected chi connectivity index (χ1v) is 20.7. The van der Waals surface area contributed by atoms with Gasteiger partial charge in [0, 0.05) is 5.41 Å². The first-order chi connectivity index (χ1) is 17.3. The molecule has 0 unspecified atom stereocenters. The maximum atomic E-state index is 10.7. The van der Waals surface area contributed by atoms with Crippen LogP contribution in [0.15, 0.2) is 60.7 Å². The van der Waals surface area contributed by atoms with Crippen LogP contribution in [-0.4, -0.2) is 26.4 Å². The number of rotatable bonds is 11. The smallest absolute Gasteiger partial charge is 0.118 e. The lowest BCUT2D eigenvalue weighted by molar-refractivity contribution is 0.465. The molecule has 3 rings (SSSR count). The van der Waals surface area contributed by atoms with Gasteiger partial charge in [-0.1, -0.05) is 131 Å². The second-order valence-corrected chi connectivity index (χ2v) is 22.9. The van der Waals surface area contributed by atoms with Crippen molar-refractivity contribution < 1.29 is 10.2 Å². The van der Waals surface area contributed by atoms with Gasteiger partial charge in [-0.2, -0.15) is 0 Å². The molecule has 0 radical (unpaired) electrons. The van der Waals surface area contributed by atoms with Gasteiger partial charge in [-0.25, -0.2) is 0 Å². The molecule has 0 fully saturated rings. The van der Waals surface area contributed by atoms with Gasteiger partial charge in [-0.15, -0.1) is 0 Å². The van der Waals surface area contributed by atoms with E-state index in [1.165, 1.54) is 27.5 Å². The second-order valence-electron chi connectivity index (χ2n) is 13.0. The van der Waals surface area contributed by atoms with Crippen molar-refractivity contribution in [1.82, 2.24) is 0 Å². The molecule has 0 spiro atoms. The highest BCUT2D eigenvalue weighted by Crippen LogP contribution is 2.36. The number of hydrogen-bond acceptors (Lipinski definition) is 2. The van der Waals surface area contributed by atoms with Crippen molar-refractivity contribution >= 4 is 26.5 Å². The molecule has 0 saturated carbocycles. The van der Waals surface area contributed by atoms with E-state index in [0.717, 1.165) is 43.2 Å². The number of aromatic hydroxyl groups is 2. The Morgan fingerprint density at radius 3 is 1.57 bits per heavy atom. The van der Waals surface area contributed by atoms with E-state index in [4.69, 9.17) is 0 Å². The number of phenols is 2. The van der Waals surface area contributed by atoms with Gasteiger partial charge < -0.3 is 10.2 Å². The molecule has 0 saturated heterocycles. The average Bonchev–Trinajstić information content (AvgIpc) is 2.84. The van der Waals surface area contributed by atoms with Crippen molar-refractivity contribution in [3.8, 4) is 11.5 Å². The fraction of sp³-hybridized carbons (Fsp3) is 0.455. The van der Waals surface area contributed by atoms with Crippen LogP contribution in [0.4, 0.5) is 0 Å². The summed E-state index contributed by atoms with van der Waals surface area (Å²) in [7, 11) is -2.82. The second kappa shape index (κ2) is 11.6. The van der Waals surface area contributed by atoms with Crippen LogP contribution in [0.2, 0.25) is 38.8 Å². The molecule has 2 nitrogen and oxygen atoms in total. The molecule has 0 aliphatic heterocycles. The Morgan fingerprint density at radius 2 is 1.11 bits per heavy atom. The van der Waals surface area contributed by atoms with Gasteiger partial charge in [-0.05, 0) is 53.6 Å². The van der Waals surface area contributed by atoms with E-state index in [1.54, 1.807) is 0 Å². The molecule has 3 aromatic carbocycles. The lowest BCUT2D eigenvalue weighted by atomic mass is 9.76. The van der Waals surface area contributed by atoms with Gasteiger partial charge in [0.2, 0.25) is 0 Å². The van der Waals surface area contributed by atoms with Crippen molar-refractivity contribution in [3.63, 3.8) is 0 Å². The van der Waals surface area contributed by atoms with E-state index in [2.05, 4.69) is 96.0 Å². The summed E-state index contributed by atoms with van der Waals surface area (Å²) in [6.45, 7) is 18.8. The van der Waals surface area contributed by atoms with Crippen LogP contribution in [0.25, 0.3) is 0 Å². The van der Waals surface area contributed by atoms with Crippen molar-refractivity contribution in [2.75, 3.05) is 0 Å². The molecule has 0 aliphatic rings. The normalized spacial score (nSPS) is 12.6. The fourth-order valence-electron chi connectivity index (χ4n) is 5.17. The van der Waals surface area contributed by atoms with E-state index in [1.807, 2.05) is 18.2 Å². The van der Waals surface area contributed by atoms with Crippen LogP contribution >= 0.6 is 0 Å². The Labute approximate surface area is 227 Å². The predicted octanol–water partition coefficient (Wildman–Crippen LogP) is 7.86. The zero-order valence-corrected chi connectivity index (χ0v) is 26.4. The van der Waals surface area contributed by atoms with Crippen molar-refractivity contribution in [2.45, 2.75) is 97.1 Å². The third kappa shape index (κ3) is 7.17. The lowest BCUT2D eigenvalue weighted by Crippen LogP contribution is -2.44. The van der Waals surface area contributed by atoms with Gasteiger partial charge in [0.25, 0.3) is 0 Å². The minimum Gasteiger partial charge on any atom is -0.508 e. The molecule has 2 N–H and O–H groups in total. The largest absolute Gasteiger partial charge is 0.508 e. The average molecular weight is 533 g/mol. The summed E-state index contributed by atoms with van der Waals surface area (Å²) in [5, 5.41) is 24.1. The van der Waals surface area contributed by atoms with Gasteiger partial charge >= 0.3 is 0 Å². The van der Waals surface area contributed by atoms with E-state index in [0.29, 0.717) is 11.5 Å². The van der Waals surface area contributed by atoms with Crippen molar-refractivity contribution in [1.29, 1.82) is 0 Å². The van der Waals surface area contributed by atoms with Crippen LogP contribution in [-0.2, 0) is 18.3 Å². The first-order valence-electron chi connectivity index (χ1n) is 14.0. The molecular weight excluding hydrogens is 485 g/mol. The highest BCUT2D eigenvalue weighted by Gasteiger charge is 2.27. The van der Waals surface area contributed by atoms with E-state index >= 15 is 0 Å². The summed E-state index contributed by atoms with van der Waals surface area (Å²) in [4.78, 5) is 0. The van der Waals surface area contributed by atoms with Crippen LogP contribution in [0.5, 0.6) is 11.5 Å². The maximum absolute atomic E-state index is 10.7. The predicted molar refractivity (Wildman–Crippen MR) is 167 cm³/mol. The summed E-state index contributed by atoms with van der Waals surface area (Å²) in [5.41, 5.74) is 4.24. The summed E-state index contributed by atoms with van der Waals surface area (Å²) in [6, 6.07) is 22.9. The number of hydrogen-bond donors (Lipinski definition) is 2. The van der Waals surface area contributed by atoms with E-state index in [-0.39, 0.29) is 5.41 Å². The minimum absolute atomic E-state index is 0.219. The molecule has 0 atom stereocenters. The van der Waals surface area contributed by atoms with Crippen LogP contribution in [0.3, 0.4) is 0 Å². The molecule has 3 aromatic rings. The third-order valence-corrected chi connectivity index (χ3v) is 13.7. The molecular formula is C33H48O2Si2. The standard InChI is InChI=1S/C33H48O2Si2/c1-9-10-12-25-23-27(14-20-31(25)34)33(2,3)28-15-21-32(35)26(24-28)13-11-22-37(7,8)30-18-16-29(17-19-30)36(4,5)6/h14-21,23-24,34-35H,9-13,22H2,1-8H3. The number of benzene rings is 3. The Morgan fingerprint density at radius 1 is 0.649 bits per heavy atom. The summed E-state index contributed by atoms with van der Waals surface area (Å²) in [6.07, 6.45) is 5.04. The fourth-order valence-corrected chi connectivity index (χ4v) is 8.75. The lowest BCUT2D eigenvalue weighted by Gasteiger charge is -2.28. The summed E-state index contributed by atoms with van der Waals surface area (Å²) < 4.78 is 0. The van der Waals surface area contributed by atoms with Gasteiger partial charge in [-0.3, -0.25) is 0 Å². The molecule has 4 heteroatoms. The molecule has 200 valence electrons. The quantitative estimate of drug-likeness (QED) is 0.247. The number of aryl methyl sites for hydroxylation is 2. The summed E-state index contributed by atoms with van der Waals surface area (Å²) in [5.74, 6) is 0.786. The molecule has 0 aliphatic carbocycles. The monoisotopic (exact) mass is 532 g/mol. The number of phenolic OH excluding ortho intramolecular Hbond substituents is 2. The molecule has 0 amide bonds. The van der Waals surface area contributed by atoms with Crippen LogP contribution in [0.1, 0.15) is 62.3 Å². The summed E-state index contributed by atoms with van der Waals surface area (Å²) >= 11 is 0. The van der Waals surface area contributed by atoms with Crippen molar-refractivity contribution in [3.05, 3.63) is 82.9 Å².